The lowest BCUT2D eigenvalue weighted by Gasteiger charge is -2.34. The highest BCUT2D eigenvalue weighted by molar-refractivity contribution is 5.79. The van der Waals surface area contributed by atoms with Gasteiger partial charge in [0.25, 0.3) is 0 Å². The second-order valence-electron chi connectivity index (χ2n) is 9.80. The zero-order valence-corrected chi connectivity index (χ0v) is 18.6. The maximum Gasteiger partial charge on any atom is 0.410 e. The minimum Gasteiger partial charge on any atom is -0.444 e. The highest BCUT2D eigenvalue weighted by Gasteiger charge is 2.39. The van der Waals surface area contributed by atoms with Gasteiger partial charge in [-0.25, -0.2) is 4.79 Å². The fourth-order valence-electron chi connectivity index (χ4n) is 4.70. The molecule has 0 aliphatic carbocycles. The van der Waals surface area contributed by atoms with Gasteiger partial charge in [-0.1, -0.05) is 0 Å². The van der Waals surface area contributed by atoms with E-state index in [-0.39, 0.29) is 24.0 Å². The van der Waals surface area contributed by atoms with E-state index in [0.29, 0.717) is 19.6 Å². The molecule has 3 aliphatic heterocycles. The van der Waals surface area contributed by atoms with Crippen LogP contribution in [-0.4, -0.2) is 80.3 Å². The van der Waals surface area contributed by atoms with Crippen LogP contribution in [0.25, 0.3) is 0 Å². The number of hydrogen-bond donors (Lipinski definition) is 0. The first-order chi connectivity index (χ1) is 14.2. The predicted octanol–water partition coefficient (Wildman–Crippen LogP) is 2.03. The van der Waals surface area contributed by atoms with Crippen LogP contribution >= 0.6 is 0 Å². The lowest BCUT2D eigenvalue weighted by atomic mass is 9.95. The van der Waals surface area contributed by atoms with Crippen LogP contribution in [0.3, 0.4) is 0 Å². The Morgan fingerprint density at radius 1 is 1.00 bits per heavy atom. The average molecular weight is 419 g/mol. The number of piperidine rings is 1. The maximum atomic E-state index is 13.2. The fourth-order valence-corrected chi connectivity index (χ4v) is 4.70. The van der Waals surface area contributed by atoms with Gasteiger partial charge in [0.1, 0.15) is 5.60 Å². The molecule has 4 heterocycles. The molecule has 0 bridgehead atoms. The van der Waals surface area contributed by atoms with Gasteiger partial charge in [-0.15, -0.1) is 10.2 Å². The number of nitrogens with zero attached hydrogens (tertiary/aromatic N) is 6. The third-order valence-electron chi connectivity index (χ3n) is 6.34. The number of hydrogen-bond acceptors (Lipinski definition) is 6. The Kier molecular flexibility index (Phi) is 5.74. The molecule has 3 aliphatic rings. The van der Waals surface area contributed by atoms with Gasteiger partial charge in [-0.3, -0.25) is 9.69 Å². The molecule has 0 N–H and O–H groups in total. The SMILES string of the molecule is CN1CCC(C(=O)N2CCC[C@H]2c2nnc3n2CCN(C(=O)OC(C)(C)C)C3)CC1. The number of amides is 2. The van der Waals surface area contributed by atoms with Crippen LogP contribution in [0, 0.1) is 5.92 Å². The van der Waals surface area contributed by atoms with E-state index in [0.717, 1.165) is 57.0 Å². The quantitative estimate of drug-likeness (QED) is 0.731. The molecule has 0 saturated carbocycles. The molecule has 9 heteroatoms. The van der Waals surface area contributed by atoms with Crippen molar-refractivity contribution in [3.63, 3.8) is 0 Å². The van der Waals surface area contributed by atoms with E-state index in [2.05, 4.69) is 26.7 Å². The summed E-state index contributed by atoms with van der Waals surface area (Å²) in [6.45, 7) is 9.93. The Morgan fingerprint density at radius 3 is 2.43 bits per heavy atom. The molecule has 1 atom stereocenters. The topological polar surface area (TPSA) is 83.8 Å². The first-order valence-corrected chi connectivity index (χ1v) is 11.1. The summed E-state index contributed by atoms with van der Waals surface area (Å²) in [5.74, 6) is 2.02. The Bertz CT molecular complexity index is 793. The van der Waals surface area contributed by atoms with E-state index >= 15 is 0 Å². The van der Waals surface area contributed by atoms with Crippen LogP contribution in [0.2, 0.25) is 0 Å². The Labute approximate surface area is 178 Å². The summed E-state index contributed by atoms with van der Waals surface area (Å²) in [7, 11) is 2.11. The molecule has 2 fully saturated rings. The van der Waals surface area contributed by atoms with E-state index in [1.165, 1.54) is 0 Å². The third-order valence-corrected chi connectivity index (χ3v) is 6.34. The van der Waals surface area contributed by atoms with Gasteiger partial charge in [0.05, 0.1) is 12.6 Å². The van der Waals surface area contributed by atoms with Gasteiger partial charge in [0.15, 0.2) is 11.6 Å². The number of rotatable bonds is 2. The first-order valence-electron chi connectivity index (χ1n) is 11.1. The Balaban J connectivity index is 1.45. The first kappa shape index (κ1) is 21.1. The highest BCUT2D eigenvalue weighted by Crippen LogP contribution is 2.34. The average Bonchev–Trinajstić information content (AvgIpc) is 3.32. The monoisotopic (exact) mass is 418 g/mol. The summed E-state index contributed by atoms with van der Waals surface area (Å²) < 4.78 is 7.60. The van der Waals surface area contributed by atoms with Crippen molar-refractivity contribution in [2.24, 2.45) is 5.92 Å². The third kappa shape index (κ3) is 4.31. The van der Waals surface area contributed by atoms with Crippen molar-refractivity contribution in [3.05, 3.63) is 11.6 Å². The summed E-state index contributed by atoms with van der Waals surface area (Å²) in [6, 6.07) is -0.00789. The van der Waals surface area contributed by atoms with Crippen molar-refractivity contribution in [1.29, 1.82) is 0 Å². The maximum absolute atomic E-state index is 13.2. The molecule has 1 aromatic rings. The minimum atomic E-state index is -0.522. The predicted molar refractivity (Wildman–Crippen MR) is 111 cm³/mol. The summed E-state index contributed by atoms with van der Waals surface area (Å²) in [5, 5.41) is 8.84. The van der Waals surface area contributed by atoms with Crippen molar-refractivity contribution >= 4 is 12.0 Å². The van der Waals surface area contributed by atoms with Crippen LogP contribution in [0.1, 0.15) is 64.1 Å². The smallest absolute Gasteiger partial charge is 0.410 e. The van der Waals surface area contributed by atoms with Crippen molar-refractivity contribution in [2.75, 3.05) is 33.2 Å². The zero-order chi connectivity index (χ0) is 21.5. The van der Waals surface area contributed by atoms with Crippen LogP contribution in [-0.2, 0) is 22.6 Å². The van der Waals surface area contributed by atoms with Gasteiger partial charge in [-0.2, -0.15) is 0 Å². The molecule has 0 aromatic carbocycles. The molecule has 0 radical (unpaired) electrons. The van der Waals surface area contributed by atoms with Crippen molar-refractivity contribution in [3.8, 4) is 0 Å². The zero-order valence-electron chi connectivity index (χ0n) is 18.6. The van der Waals surface area contributed by atoms with Crippen LogP contribution in [0.15, 0.2) is 0 Å². The Hall–Kier alpha value is -2.16. The van der Waals surface area contributed by atoms with Crippen molar-refractivity contribution in [1.82, 2.24) is 29.5 Å². The second-order valence-corrected chi connectivity index (χ2v) is 9.80. The minimum absolute atomic E-state index is 0.00789. The van der Waals surface area contributed by atoms with Crippen molar-refractivity contribution < 1.29 is 14.3 Å². The number of aromatic nitrogens is 3. The molecule has 0 spiro atoms. The van der Waals surface area contributed by atoms with Gasteiger partial charge in [0, 0.05) is 25.6 Å². The number of fused-ring (bicyclic) bond motifs is 1. The molecule has 9 nitrogen and oxygen atoms in total. The number of carbonyl (C=O) groups is 2. The van der Waals surface area contributed by atoms with Gasteiger partial charge in [-0.05, 0) is 66.6 Å². The molecular formula is C21H34N6O3. The number of likely N-dealkylation sites (tertiary alicyclic amines) is 2. The number of carbonyl (C=O) groups excluding carboxylic acids is 2. The van der Waals surface area contributed by atoms with E-state index in [1.807, 2.05) is 25.7 Å². The van der Waals surface area contributed by atoms with E-state index < -0.39 is 5.60 Å². The molecule has 166 valence electrons. The summed E-state index contributed by atoms with van der Waals surface area (Å²) >= 11 is 0. The van der Waals surface area contributed by atoms with E-state index in [4.69, 9.17) is 4.74 Å². The van der Waals surface area contributed by atoms with Crippen molar-refractivity contribution in [2.45, 2.75) is 71.2 Å². The standard InChI is InChI=1S/C21H34N6O3/c1-21(2,3)30-20(29)25-12-13-27-17(14-25)22-23-18(27)16-6-5-9-26(16)19(28)15-7-10-24(4)11-8-15/h15-16H,5-14H2,1-4H3/t16-/m0/s1. The van der Waals surface area contributed by atoms with Crippen LogP contribution in [0.4, 0.5) is 4.79 Å². The second kappa shape index (κ2) is 8.17. The van der Waals surface area contributed by atoms with Gasteiger partial charge >= 0.3 is 6.09 Å². The number of ether oxygens (including phenoxy) is 1. The van der Waals surface area contributed by atoms with Crippen LogP contribution in [0.5, 0.6) is 0 Å². The fraction of sp³-hybridized carbons (Fsp3) is 0.810. The molecule has 2 amide bonds. The molecular weight excluding hydrogens is 384 g/mol. The lowest BCUT2D eigenvalue weighted by Crippen LogP contribution is -2.43. The normalized spacial score (nSPS) is 23.5. The summed E-state index contributed by atoms with van der Waals surface area (Å²) in [4.78, 5) is 31.7. The highest BCUT2D eigenvalue weighted by atomic mass is 16.6. The Morgan fingerprint density at radius 2 is 1.73 bits per heavy atom. The largest absolute Gasteiger partial charge is 0.444 e. The van der Waals surface area contributed by atoms with Crippen LogP contribution < -0.4 is 0 Å². The van der Waals surface area contributed by atoms with Gasteiger partial charge < -0.3 is 19.1 Å². The van der Waals surface area contributed by atoms with E-state index in [1.54, 1.807) is 4.90 Å². The lowest BCUT2D eigenvalue weighted by molar-refractivity contribution is -0.138. The van der Waals surface area contributed by atoms with E-state index in [9.17, 15) is 9.59 Å². The summed E-state index contributed by atoms with van der Waals surface area (Å²) in [5.41, 5.74) is -0.522. The molecule has 0 unspecified atom stereocenters. The molecule has 2 saturated heterocycles. The van der Waals surface area contributed by atoms with Gasteiger partial charge in [0.2, 0.25) is 5.91 Å². The molecule has 4 rings (SSSR count). The molecule has 30 heavy (non-hydrogen) atoms. The summed E-state index contributed by atoms with van der Waals surface area (Å²) in [6.07, 6.45) is 3.46. The molecule has 1 aromatic heterocycles.